The topological polar surface area (TPSA) is 35.5 Å². The molecule has 0 spiro atoms. The van der Waals surface area contributed by atoms with Crippen LogP contribution >= 0.6 is 0 Å². The van der Waals surface area contributed by atoms with Crippen molar-refractivity contribution in [1.29, 1.82) is 0 Å². The fraction of sp³-hybridized carbons (Fsp3) is 0.357. The Morgan fingerprint density at radius 2 is 2.00 bits per heavy atom. The average molecular weight is 286 g/mol. The summed E-state index contributed by atoms with van der Waals surface area (Å²) in [5.41, 5.74) is -0.724. The molecule has 0 aliphatic heterocycles. The molecule has 1 aromatic carbocycles. The standard InChI is InChI=1S/C14H13F3O3/c1-3-20-13(18)6-4-5-10-7-11(14(15,16)17)9-12(8-10)19-2/h7-9H,3,6H2,1-2H3. The van der Waals surface area contributed by atoms with Crippen molar-refractivity contribution in [1.82, 2.24) is 0 Å². The van der Waals surface area contributed by atoms with Crippen LogP contribution in [0.25, 0.3) is 0 Å². The third-order valence-corrected chi connectivity index (χ3v) is 2.24. The van der Waals surface area contributed by atoms with Gasteiger partial charge in [-0.05, 0) is 25.1 Å². The van der Waals surface area contributed by atoms with Crippen LogP contribution in [0.4, 0.5) is 13.2 Å². The summed E-state index contributed by atoms with van der Waals surface area (Å²) in [7, 11) is 1.27. The molecular weight excluding hydrogens is 273 g/mol. The SMILES string of the molecule is CCOC(=O)CC#Cc1cc(OC)cc(C(F)(F)F)c1. The van der Waals surface area contributed by atoms with Gasteiger partial charge < -0.3 is 9.47 Å². The van der Waals surface area contributed by atoms with E-state index in [4.69, 9.17) is 4.74 Å². The maximum absolute atomic E-state index is 12.7. The highest BCUT2D eigenvalue weighted by atomic mass is 19.4. The van der Waals surface area contributed by atoms with Crippen LogP contribution in [-0.2, 0) is 15.7 Å². The Labute approximate surface area is 114 Å². The van der Waals surface area contributed by atoms with E-state index in [-0.39, 0.29) is 24.3 Å². The molecule has 0 bridgehead atoms. The summed E-state index contributed by atoms with van der Waals surface area (Å²) in [6.07, 6.45) is -4.65. The second-order valence-electron chi connectivity index (χ2n) is 3.73. The van der Waals surface area contributed by atoms with Gasteiger partial charge in [-0.1, -0.05) is 11.8 Å². The molecular formula is C14H13F3O3. The molecule has 20 heavy (non-hydrogen) atoms. The number of carbonyl (C=O) groups is 1. The molecule has 108 valence electrons. The molecule has 1 rings (SSSR count). The molecule has 0 aliphatic rings. The first kappa shape index (κ1) is 15.9. The quantitative estimate of drug-likeness (QED) is 0.633. The highest BCUT2D eigenvalue weighted by Crippen LogP contribution is 2.32. The monoisotopic (exact) mass is 286 g/mol. The lowest BCUT2D eigenvalue weighted by atomic mass is 10.1. The molecule has 0 heterocycles. The number of hydrogen-bond acceptors (Lipinski definition) is 3. The zero-order chi connectivity index (χ0) is 15.2. The van der Waals surface area contributed by atoms with Crippen molar-refractivity contribution in [3.05, 3.63) is 29.3 Å². The van der Waals surface area contributed by atoms with E-state index in [9.17, 15) is 18.0 Å². The fourth-order valence-corrected chi connectivity index (χ4v) is 1.38. The van der Waals surface area contributed by atoms with Crippen LogP contribution < -0.4 is 4.74 Å². The molecule has 0 saturated heterocycles. The second kappa shape index (κ2) is 6.85. The average Bonchev–Trinajstić information content (AvgIpc) is 2.37. The molecule has 3 nitrogen and oxygen atoms in total. The first-order valence-corrected chi connectivity index (χ1v) is 5.77. The van der Waals surface area contributed by atoms with Gasteiger partial charge in [0.15, 0.2) is 0 Å². The minimum atomic E-state index is -4.48. The van der Waals surface area contributed by atoms with Gasteiger partial charge in [0.1, 0.15) is 12.2 Å². The molecule has 1 aromatic rings. The number of rotatable bonds is 3. The second-order valence-corrected chi connectivity index (χ2v) is 3.73. The Bertz CT molecular complexity index is 539. The number of benzene rings is 1. The maximum Gasteiger partial charge on any atom is 0.416 e. The normalized spacial score (nSPS) is 10.4. The van der Waals surface area contributed by atoms with E-state index in [0.717, 1.165) is 12.1 Å². The van der Waals surface area contributed by atoms with Gasteiger partial charge in [0.2, 0.25) is 0 Å². The lowest BCUT2D eigenvalue weighted by Gasteiger charge is -2.09. The third kappa shape index (κ3) is 4.84. The van der Waals surface area contributed by atoms with E-state index in [0.29, 0.717) is 0 Å². The van der Waals surface area contributed by atoms with Crippen molar-refractivity contribution in [3.63, 3.8) is 0 Å². The van der Waals surface area contributed by atoms with Gasteiger partial charge in [-0.3, -0.25) is 4.79 Å². The number of ether oxygens (including phenoxy) is 2. The van der Waals surface area contributed by atoms with E-state index in [2.05, 4.69) is 16.6 Å². The smallest absolute Gasteiger partial charge is 0.416 e. The van der Waals surface area contributed by atoms with Crippen molar-refractivity contribution in [2.45, 2.75) is 19.5 Å². The van der Waals surface area contributed by atoms with E-state index < -0.39 is 17.7 Å². The molecule has 0 saturated carbocycles. The molecule has 0 N–H and O–H groups in total. The number of carbonyl (C=O) groups excluding carboxylic acids is 1. The number of esters is 1. The summed E-state index contributed by atoms with van der Waals surface area (Å²) >= 11 is 0. The zero-order valence-electron chi connectivity index (χ0n) is 11.0. The lowest BCUT2D eigenvalue weighted by molar-refractivity contribution is -0.142. The van der Waals surface area contributed by atoms with Gasteiger partial charge in [0, 0.05) is 5.56 Å². The van der Waals surface area contributed by atoms with Crippen molar-refractivity contribution in [2.75, 3.05) is 13.7 Å². The zero-order valence-corrected chi connectivity index (χ0v) is 11.0. The molecule has 0 aliphatic carbocycles. The van der Waals surface area contributed by atoms with Crippen molar-refractivity contribution < 1.29 is 27.4 Å². The Morgan fingerprint density at radius 1 is 1.30 bits per heavy atom. The van der Waals surface area contributed by atoms with E-state index in [1.807, 2.05) is 0 Å². The first-order valence-electron chi connectivity index (χ1n) is 5.77. The summed E-state index contributed by atoms with van der Waals surface area (Å²) in [5, 5.41) is 0. The van der Waals surface area contributed by atoms with Crippen LogP contribution in [0.5, 0.6) is 5.75 Å². The molecule has 0 radical (unpaired) electrons. The number of halogens is 3. The predicted octanol–water partition coefficient (Wildman–Crippen LogP) is 3.02. The van der Waals surface area contributed by atoms with Crippen molar-refractivity contribution in [3.8, 4) is 17.6 Å². The number of methoxy groups -OCH3 is 1. The van der Waals surface area contributed by atoms with E-state index >= 15 is 0 Å². The summed E-state index contributed by atoms with van der Waals surface area (Å²) in [4.78, 5) is 11.1. The van der Waals surface area contributed by atoms with Crippen LogP contribution in [0.2, 0.25) is 0 Å². The first-order chi connectivity index (χ1) is 9.36. The largest absolute Gasteiger partial charge is 0.497 e. The van der Waals surface area contributed by atoms with Crippen LogP contribution in [0.1, 0.15) is 24.5 Å². The molecule has 0 aromatic heterocycles. The third-order valence-electron chi connectivity index (χ3n) is 2.24. The molecule has 0 fully saturated rings. The number of alkyl halides is 3. The van der Waals surface area contributed by atoms with Crippen LogP contribution in [-0.4, -0.2) is 19.7 Å². The lowest BCUT2D eigenvalue weighted by Crippen LogP contribution is -2.05. The summed E-state index contributed by atoms with van der Waals surface area (Å²) < 4.78 is 47.4. The fourth-order valence-electron chi connectivity index (χ4n) is 1.38. The van der Waals surface area contributed by atoms with Crippen LogP contribution in [0.3, 0.4) is 0 Å². The van der Waals surface area contributed by atoms with E-state index in [1.54, 1.807) is 6.92 Å². The van der Waals surface area contributed by atoms with Gasteiger partial charge in [-0.2, -0.15) is 13.2 Å². The Hall–Kier alpha value is -2.16. The highest BCUT2D eigenvalue weighted by molar-refractivity contribution is 5.72. The molecule has 0 atom stereocenters. The van der Waals surface area contributed by atoms with Gasteiger partial charge >= 0.3 is 12.1 Å². The summed E-state index contributed by atoms with van der Waals surface area (Å²) in [5.74, 6) is 4.50. The van der Waals surface area contributed by atoms with Crippen molar-refractivity contribution >= 4 is 5.97 Å². The van der Waals surface area contributed by atoms with E-state index in [1.165, 1.54) is 13.2 Å². The molecule has 0 unspecified atom stereocenters. The maximum atomic E-state index is 12.7. The predicted molar refractivity (Wildman–Crippen MR) is 66.1 cm³/mol. The minimum absolute atomic E-state index is 0.0558. The van der Waals surface area contributed by atoms with Crippen LogP contribution in [0.15, 0.2) is 18.2 Å². The Morgan fingerprint density at radius 3 is 2.55 bits per heavy atom. The van der Waals surface area contributed by atoms with Crippen LogP contribution in [0, 0.1) is 11.8 Å². The van der Waals surface area contributed by atoms with Gasteiger partial charge in [0.05, 0.1) is 19.3 Å². The Kier molecular flexibility index (Phi) is 5.44. The van der Waals surface area contributed by atoms with Crippen molar-refractivity contribution in [2.24, 2.45) is 0 Å². The number of hydrogen-bond donors (Lipinski definition) is 0. The molecule has 0 amide bonds. The van der Waals surface area contributed by atoms with Gasteiger partial charge in [-0.25, -0.2) is 0 Å². The van der Waals surface area contributed by atoms with Gasteiger partial charge in [0.25, 0.3) is 0 Å². The molecule has 6 heteroatoms. The van der Waals surface area contributed by atoms with Gasteiger partial charge in [-0.15, -0.1) is 0 Å². The Balaban J connectivity index is 2.95. The summed E-state index contributed by atoms with van der Waals surface area (Å²) in [6.45, 7) is 1.89. The summed E-state index contributed by atoms with van der Waals surface area (Å²) in [6, 6.07) is 3.16. The highest BCUT2D eigenvalue weighted by Gasteiger charge is 2.31. The minimum Gasteiger partial charge on any atom is -0.497 e.